The Bertz CT molecular complexity index is 1170. The Labute approximate surface area is 197 Å². The van der Waals surface area contributed by atoms with Gasteiger partial charge < -0.3 is 9.80 Å². The molecule has 0 saturated carbocycles. The molecule has 3 aromatic rings. The van der Waals surface area contributed by atoms with Crippen molar-refractivity contribution in [2.75, 3.05) is 41.9 Å². The standard InChI is InChI=1S/C24H24BrN3O3S/c25-20-8-7-11-22(18-20)28(32(30,31)23-12-5-2-6-13-23)19-24(29)27-16-14-26(15-17-27)21-9-3-1-4-10-21/h1-13,18H,14-17,19H2. The molecule has 166 valence electrons. The number of benzene rings is 3. The minimum atomic E-state index is -3.90. The van der Waals surface area contributed by atoms with Crippen molar-refractivity contribution in [3.05, 3.63) is 89.4 Å². The van der Waals surface area contributed by atoms with Gasteiger partial charge in [0.2, 0.25) is 5.91 Å². The molecule has 1 fully saturated rings. The van der Waals surface area contributed by atoms with Gasteiger partial charge in [-0.05, 0) is 42.5 Å². The van der Waals surface area contributed by atoms with Crippen molar-refractivity contribution in [1.82, 2.24) is 4.90 Å². The van der Waals surface area contributed by atoms with Crippen LogP contribution in [0.3, 0.4) is 0 Å². The summed E-state index contributed by atoms with van der Waals surface area (Å²) < 4.78 is 28.8. The van der Waals surface area contributed by atoms with Gasteiger partial charge >= 0.3 is 0 Å². The van der Waals surface area contributed by atoms with Gasteiger partial charge in [0.15, 0.2) is 0 Å². The summed E-state index contributed by atoms with van der Waals surface area (Å²) >= 11 is 3.40. The molecule has 0 unspecified atom stereocenters. The molecule has 0 aliphatic carbocycles. The highest BCUT2D eigenvalue weighted by atomic mass is 79.9. The number of carbonyl (C=O) groups is 1. The number of nitrogens with zero attached hydrogens (tertiary/aromatic N) is 3. The lowest BCUT2D eigenvalue weighted by Gasteiger charge is -2.37. The van der Waals surface area contributed by atoms with Gasteiger partial charge in [-0.25, -0.2) is 8.42 Å². The SMILES string of the molecule is O=C(CN(c1cccc(Br)c1)S(=O)(=O)c1ccccc1)N1CCN(c2ccccc2)CC1. The highest BCUT2D eigenvalue weighted by Crippen LogP contribution is 2.26. The van der Waals surface area contributed by atoms with Crippen LogP contribution in [-0.4, -0.2) is 51.9 Å². The lowest BCUT2D eigenvalue weighted by atomic mass is 10.2. The van der Waals surface area contributed by atoms with Gasteiger partial charge in [-0.3, -0.25) is 9.10 Å². The van der Waals surface area contributed by atoms with Crippen molar-refractivity contribution < 1.29 is 13.2 Å². The Balaban J connectivity index is 1.53. The zero-order chi connectivity index (χ0) is 22.6. The summed E-state index contributed by atoms with van der Waals surface area (Å²) in [5.41, 5.74) is 1.57. The van der Waals surface area contributed by atoms with Crippen molar-refractivity contribution in [2.24, 2.45) is 0 Å². The first-order chi connectivity index (χ1) is 15.4. The molecule has 4 rings (SSSR count). The van der Waals surface area contributed by atoms with E-state index < -0.39 is 10.0 Å². The van der Waals surface area contributed by atoms with Crippen LogP contribution in [0.2, 0.25) is 0 Å². The van der Waals surface area contributed by atoms with E-state index >= 15 is 0 Å². The van der Waals surface area contributed by atoms with Gasteiger partial charge in [0.1, 0.15) is 6.54 Å². The maximum absolute atomic E-state index is 13.4. The summed E-state index contributed by atoms with van der Waals surface area (Å²) in [7, 11) is -3.90. The van der Waals surface area contributed by atoms with Crippen LogP contribution < -0.4 is 9.21 Å². The Morgan fingerprint density at radius 2 is 1.47 bits per heavy atom. The number of halogens is 1. The fourth-order valence-corrected chi connectivity index (χ4v) is 5.56. The number of sulfonamides is 1. The van der Waals surface area contributed by atoms with Gasteiger partial charge in [0.05, 0.1) is 10.6 Å². The molecule has 3 aromatic carbocycles. The predicted octanol–water partition coefficient (Wildman–Crippen LogP) is 3.99. The summed E-state index contributed by atoms with van der Waals surface area (Å²) in [6.07, 6.45) is 0. The maximum atomic E-state index is 13.4. The van der Waals surface area contributed by atoms with Crippen molar-refractivity contribution in [2.45, 2.75) is 4.90 Å². The molecule has 1 aliphatic rings. The highest BCUT2D eigenvalue weighted by molar-refractivity contribution is 9.10. The summed E-state index contributed by atoms with van der Waals surface area (Å²) in [6.45, 7) is 2.26. The van der Waals surface area contributed by atoms with Crippen LogP contribution >= 0.6 is 15.9 Å². The Kier molecular flexibility index (Phi) is 6.81. The molecular weight excluding hydrogens is 490 g/mol. The van der Waals surface area contributed by atoms with E-state index in [1.165, 1.54) is 4.31 Å². The molecule has 1 heterocycles. The van der Waals surface area contributed by atoms with Gasteiger partial charge in [0.25, 0.3) is 10.0 Å². The Morgan fingerprint density at radius 1 is 0.844 bits per heavy atom. The molecule has 0 aromatic heterocycles. The molecule has 1 saturated heterocycles. The van der Waals surface area contributed by atoms with E-state index in [0.717, 1.165) is 10.2 Å². The first-order valence-electron chi connectivity index (χ1n) is 10.4. The number of para-hydroxylation sites is 1. The topological polar surface area (TPSA) is 60.9 Å². The summed E-state index contributed by atoms with van der Waals surface area (Å²) in [6, 6.07) is 25.3. The third kappa shape index (κ3) is 4.97. The first kappa shape index (κ1) is 22.4. The van der Waals surface area contributed by atoms with E-state index in [9.17, 15) is 13.2 Å². The van der Waals surface area contributed by atoms with Crippen molar-refractivity contribution in [1.29, 1.82) is 0 Å². The van der Waals surface area contributed by atoms with Crippen molar-refractivity contribution >= 4 is 43.2 Å². The van der Waals surface area contributed by atoms with E-state index in [-0.39, 0.29) is 17.3 Å². The molecular formula is C24H24BrN3O3S. The zero-order valence-corrected chi connectivity index (χ0v) is 19.9. The minimum absolute atomic E-state index is 0.154. The number of rotatable bonds is 6. The third-order valence-corrected chi connectivity index (χ3v) is 7.74. The molecule has 6 nitrogen and oxygen atoms in total. The van der Waals surface area contributed by atoms with Crippen LogP contribution in [0.1, 0.15) is 0 Å². The monoisotopic (exact) mass is 513 g/mol. The van der Waals surface area contributed by atoms with Crippen LogP contribution in [0.5, 0.6) is 0 Å². The second kappa shape index (κ2) is 9.75. The molecule has 1 amide bonds. The lowest BCUT2D eigenvalue weighted by molar-refractivity contribution is -0.129. The molecule has 32 heavy (non-hydrogen) atoms. The normalized spacial score (nSPS) is 14.3. The second-order valence-corrected chi connectivity index (χ2v) is 10.3. The van der Waals surface area contributed by atoms with E-state index in [4.69, 9.17) is 0 Å². The van der Waals surface area contributed by atoms with E-state index in [0.29, 0.717) is 31.9 Å². The number of hydrogen-bond acceptors (Lipinski definition) is 4. The number of piperazine rings is 1. The van der Waals surface area contributed by atoms with Crippen molar-refractivity contribution in [3.8, 4) is 0 Å². The number of carbonyl (C=O) groups excluding carboxylic acids is 1. The van der Waals surface area contributed by atoms with E-state index in [2.05, 4.69) is 33.0 Å². The van der Waals surface area contributed by atoms with Gasteiger partial charge in [-0.1, -0.05) is 58.4 Å². The van der Waals surface area contributed by atoms with Crippen LogP contribution in [0.4, 0.5) is 11.4 Å². The van der Waals surface area contributed by atoms with Crippen LogP contribution in [0.25, 0.3) is 0 Å². The number of anilines is 2. The fraction of sp³-hybridized carbons (Fsp3) is 0.208. The minimum Gasteiger partial charge on any atom is -0.368 e. The molecule has 1 aliphatic heterocycles. The first-order valence-corrected chi connectivity index (χ1v) is 12.6. The zero-order valence-electron chi connectivity index (χ0n) is 17.5. The van der Waals surface area contributed by atoms with E-state index in [1.807, 2.05) is 24.3 Å². The van der Waals surface area contributed by atoms with Crippen molar-refractivity contribution in [3.63, 3.8) is 0 Å². The maximum Gasteiger partial charge on any atom is 0.264 e. The average molecular weight is 514 g/mol. The summed E-state index contributed by atoms with van der Waals surface area (Å²) in [4.78, 5) is 17.3. The largest absolute Gasteiger partial charge is 0.368 e. The third-order valence-electron chi connectivity index (χ3n) is 5.46. The molecule has 0 radical (unpaired) electrons. The van der Waals surface area contributed by atoms with Crippen LogP contribution in [0, 0.1) is 0 Å². The summed E-state index contributed by atoms with van der Waals surface area (Å²) in [5, 5.41) is 0. The number of hydrogen-bond donors (Lipinski definition) is 0. The highest BCUT2D eigenvalue weighted by Gasteiger charge is 2.30. The van der Waals surface area contributed by atoms with Crippen LogP contribution in [-0.2, 0) is 14.8 Å². The Morgan fingerprint density at radius 3 is 2.09 bits per heavy atom. The molecule has 0 atom stereocenters. The second-order valence-electron chi connectivity index (χ2n) is 7.51. The molecule has 0 spiro atoms. The molecule has 0 bridgehead atoms. The lowest BCUT2D eigenvalue weighted by Crippen LogP contribution is -2.52. The summed E-state index contributed by atoms with van der Waals surface area (Å²) in [5.74, 6) is -0.211. The van der Waals surface area contributed by atoms with Crippen LogP contribution in [0.15, 0.2) is 94.3 Å². The van der Waals surface area contributed by atoms with Gasteiger partial charge in [-0.2, -0.15) is 0 Å². The van der Waals surface area contributed by atoms with Gasteiger partial charge in [-0.15, -0.1) is 0 Å². The van der Waals surface area contributed by atoms with E-state index in [1.54, 1.807) is 53.4 Å². The Hall–Kier alpha value is -2.84. The molecule has 0 N–H and O–H groups in total. The smallest absolute Gasteiger partial charge is 0.264 e. The predicted molar refractivity (Wildman–Crippen MR) is 130 cm³/mol. The molecule has 8 heteroatoms. The fourth-order valence-electron chi connectivity index (χ4n) is 3.74. The number of amides is 1. The quantitative estimate of drug-likeness (QED) is 0.499. The van der Waals surface area contributed by atoms with Gasteiger partial charge in [0, 0.05) is 36.3 Å². The average Bonchev–Trinajstić information content (AvgIpc) is 2.83.